The van der Waals surface area contributed by atoms with Crippen molar-refractivity contribution in [3.63, 3.8) is 0 Å². The molecule has 0 fully saturated rings. The second kappa shape index (κ2) is 11.8. The molecule has 0 atom stereocenters. The Bertz CT molecular complexity index is 1270. The molecule has 0 spiro atoms. The monoisotopic (exact) mass is 491 g/mol. The van der Waals surface area contributed by atoms with Crippen molar-refractivity contribution in [1.29, 1.82) is 0 Å². The van der Waals surface area contributed by atoms with E-state index in [0.29, 0.717) is 34.4 Å². The molecule has 0 saturated carbocycles. The number of carbonyl (C=O) groups is 1. The van der Waals surface area contributed by atoms with Crippen LogP contribution >= 0.6 is 11.8 Å². The number of fused-ring (bicyclic) bond motifs is 1. The van der Waals surface area contributed by atoms with Gasteiger partial charge in [0.1, 0.15) is 5.75 Å². The van der Waals surface area contributed by atoms with Crippen LogP contribution in [0.2, 0.25) is 0 Å². The van der Waals surface area contributed by atoms with Crippen LogP contribution in [0.15, 0.2) is 72.3 Å². The summed E-state index contributed by atoms with van der Waals surface area (Å²) in [4.78, 5) is 16.4. The van der Waals surface area contributed by atoms with Crippen LogP contribution in [0.3, 0.4) is 0 Å². The molecule has 2 aromatic carbocycles. The summed E-state index contributed by atoms with van der Waals surface area (Å²) in [5.74, 6) is 0.284. The fraction of sp³-hybridized carbons (Fsp3) is 0.250. The molecule has 3 N–H and O–H groups in total. The molecule has 0 aliphatic heterocycles. The summed E-state index contributed by atoms with van der Waals surface area (Å²) in [6, 6.07) is 12.0. The molecule has 3 rings (SSSR count). The van der Waals surface area contributed by atoms with E-state index < -0.39 is 5.97 Å². The van der Waals surface area contributed by atoms with E-state index >= 15 is 0 Å². The molecule has 0 amide bonds. The van der Waals surface area contributed by atoms with Gasteiger partial charge in [-0.15, -0.1) is 11.8 Å². The van der Waals surface area contributed by atoms with Gasteiger partial charge in [-0.2, -0.15) is 0 Å². The molecule has 0 aliphatic rings. The molecule has 1 heterocycles. The van der Waals surface area contributed by atoms with Crippen LogP contribution in [0.5, 0.6) is 5.75 Å². The lowest BCUT2D eigenvalue weighted by molar-refractivity contribution is 0.0527. The van der Waals surface area contributed by atoms with Crippen LogP contribution in [-0.2, 0) is 24.1 Å². The third-order valence-corrected chi connectivity index (χ3v) is 6.66. The summed E-state index contributed by atoms with van der Waals surface area (Å²) in [5.41, 5.74) is 9.87. The van der Waals surface area contributed by atoms with Crippen LogP contribution in [-0.4, -0.2) is 41.2 Å². The number of allylic oxidation sites excluding steroid dienone is 4. The summed E-state index contributed by atoms with van der Waals surface area (Å²) < 4.78 is 7.51. The first-order chi connectivity index (χ1) is 16.8. The number of benzene rings is 2. The maximum atomic E-state index is 13.3. The van der Waals surface area contributed by atoms with Crippen molar-refractivity contribution in [3.8, 4) is 5.75 Å². The van der Waals surface area contributed by atoms with Gasteiger partial charge in [-0.1, -0.05) is 36.9 Å². The van der Waals surface area contributed by atoms with E-state index in [-0.39, 0.29) is 12.4 Å². The number of aryl methyl sites for hydroxylation is 1. The number of rotatable bonds is 10. The number of hydrogen-bond acceptors (Lipinski definition) is 6. The van der Waals surface area contributed by atoms with E-state index in [9.17, 15) is 9.90 Å². The topological polar surface area (TPSA) is 80.7 Å². The smallest absolute Gasteiger partial charge is 0.340 e. The Hall–Kier alpha value is -3.42. The Morgan fingerprint density at radius 1 is 1.29 bits per heavy atom. The normalized spacial score (nSPS) is 12.1. The molecule has 0 bridgehead atoms. The van der Waals surface area contributed by atoms with E-state index in [2.05, 4.69) is 6.58 Å². The second-order valence-electron chi connectivity index (χ2n) is 8.30. The molecule has 0 unspecified atom stereocenters. The van der Waals surface area contributed by atoms with Crippen LogP contribution in [0, 0.1) is 0 Å². The first-order valence-corrected chi connectivity index (χ1v) is 12.4. The van der Waals surface area contributed by atoms with Crippen LogP contribution in [0.25, 0.3) is 16.5 Å². The Balaban J connectivity index is 2.35. The molecular weight excluding hydrogens is 458 g/mol. The highest BCUT2D eigenvalue weighted by molar-refractivity contribution is 7.98. The van der Waals surface area contributed by atoms with Crippen molar-refractivity contribution >= 4 is 34.2 Å². The number of phenolic OH excluding ortho intramolecular Hbond substituents is 1. The van der Waals surface area contributed by atoms with E-state index in [1.807, 2.05) is 67.0 Å². The second-order valence-corrected chi connectivity index (χ2v) is 9.35. The standard InChI is InChI=1S/C28H33N3O3S/c1-6-11-19(14-15-29)21-16-23-25(22(27(21)32)17-30(3)4)26(28(33)34-7-2)24(31(23)5)18-35-20-12-9-8-10-13-20/h6,8-16,32H,1,7,17-18,29H2,2-5H3/b15-14-,19-11+. The zero-order valence-corrected chi connectivity index (χ0v) is 21.6. The summed E-state index contributed by atoms with van der Waals surface area (Å²) in [7, 11) is 5.80. The molecule has 7 heteroatoms. The summed E-state index contributed by atoms with van der Waals surface area (Å²) in [5, 5.41) is 12.2. The molecule has 35 heavy (non-hydrogen) atoms. The zero-order chi connectivity index (χ0) is 25.5. The van der Waals surface area contributed by atoms with Crippen molar-refractivity contribution in [2.75, 3.05) is 20.7 Å². The highest BCUT2D eigenvalue weighted by atomic mass is 32.2. The Morgan fingerprint density at radius 3 is 2.60 bits per heavy atom. The van der Waals surface area contributed by atoms with Crippen molar-refractivity contribution in [3.05, 3.63) is 89.8 Å². The Labute approximate surface area is 211 Å². The number of ether oxygens (including phenoxy) is 1. The minimum Gasteiger partial charge on any atom is -0.507 e. The van der Waals surface area contributed by atoms with Crippen LogP contribution in [0.1, 0.15) is 34.1 Å². The lowest BCUT2D eigenvalue weighted by Crippen LogP contribution is -2.13. The van der Waals surface area contributed by atoms with Gasteiger partial charge in [-0.3, -0.25) is 0 Å². The number of phenols is 1. The first kappa shape index (κ1) is 26.2. The molecular formula is C28H33N3O3S. The van der Waals surface area contributed by atoms with Gasteiger partial charge in [-0.25, -0.2) is 4.79 Å². The molecule has 1 aromatic heterocycles. The van der Waals surface area contributed by atoms with Crippen molar-refractivity contribution < 1.29 is 14.6 Å². The van der Waals surface area contributed by atoms with E-state index in [1.165, 1.54) is 6.20 Å². The van der Waals surface area contributed by atoms with Crippen molar-refractivity contribution in [2.45, 2.75) is 24.1 Å². The quantitative estimate of drug-likeness (QED) is 0.223. The summed E-state index contributed by atoms with van der Waals surface area (Å²) >= 11 is 1.65. The van der Waals surface area contributed by atoms with Gasteiger partial charge in [-0.05, 0) is 57.1 Å². The Morgan fingerprint density at radius 2 is 2.00 bits per heavy atom. The molecule has 3 aromatic rings. The van der Waals surface area contributed by atoms with E-state index in [1.54, 1.807) is 36.9 Å². The number of aromatic nitrogens is 1. The molecule has 0 saturated heterocycles. The van der Waals surface area contributed by atoms with Crippen LogP contribution in [0.4, 0.5) is 0 Å². The number of nitrogens with zero attached hydrogens (tertiary/aromatic N) is 2. The third kappa shape index (κ3) is 5.63. The lowest BCUT2D eigenvalue weighted by Gasteiger charge is -2.17. The number of carbonyl (C=O) groups excluding carboxylic acids is 1. The summed E-state index contributed by atoms with van der Waals surface area (Å²) in [6.07, 6.45) is 6.61. The zero-order valence-electron chi connectivity index (χ0n) is 20.7. The maximum absolute atomic E-state index is 13.3. The average Bonchev–Trinajstić information content (AvgIpc) is 3.11. The lowest BCUT2D eigenvalue weighted by atomic mass is 9.95. The van der Waals surface area contributed by atoms with Gasteiger partial charge >= 0.3 is 5.97 Å². The number of thioether (sulfide) groups is 1. The van der Waals surface area contributed by atoms with Crippen molar-refractivity contribution in [1.82, 2.24) is 9.47 Å². The average molecular weight is 492 g/mol. The maximum Gasteiger partial charge on any atom is 0.340 e. The van der Waals surface area contributed by atoms with Gasteiger partial charge in [0.25, 0.3) is 0 Å². The van der Waals surface area contributed by atoms with Crippen LogP contribution < -0.4 is 5.73 Å². The van der Waals surface area contributed by atoms with Gasteiger partial charge in [0.2, 0.25) is 0 Å². The first-order valence-electron chi connectivity index (χ1n) is 11.4. The van der Waals surface area contributed by atoms with Gasteiger partial charge in [0.05, 0.1) is 17.7 Å². The van der Waals surface area contributed by atoms with Gasteiger partial charge < -0.3 is 25.0 Å². The minimum atomic E-state index is -0.391. The predicted octanol–water partition coefficient (Wildman–Crippen LogP) is 5.46. The molecule has 0 aliphatic carbocycles. The number of hydrogen-bond donors (Lipinski definition) is 2. The van der Waals surface area contributed by atoms with Crippen molar-refractivity contribution in [2.24, 2.45) is 12.8 Å². The molecule has 6 nitrogen and oxygen atoms in total. The molecule has 184 valence electrons. The third-order valence-electron chi connectivity index (χ3n) is 5.64. The molecule has 0 radical (unpaired) electrons. The summed E-state index contributed by atoms with van der Waals surface area (Å²) in [6.45, 7) is 6.29. The van der Waals surface area contributed by atoms with E-state index in [0.717, 1.165) is 21.7 Å². The number of esters is 1. The van der Waals surface area contributed by atoms with Gasteiger partial charge in [0.15, 0.2) is 0 Å². The predicted molar refractivity (Wildman–Crippen MR) is 145 cm³/mol. The Kier molecular flexibility index (Phi) is 8.84. The van der Waals surface area contributed by atoms with E-state index in [4.69, 9.17) is 10.5 Å². The highest BCUT2D eigenvalue weighted by Gasteiger charge is 2.28. The highest BCUT2D eigenvalue weighted by Crippen LogP contribution is 2.41. The largest absolute Gasteiger partial charge is 0.507 e. The minimum absolute atomic E-state index is 0.107. The van der Waals surface area contributed by atoms with Gasteiger partial charge in [0, 0.05) is 46.4 Å². The SMILES string of the molecule is C=C/C=C(\C=C/N)c1cc2c(c(CN(C)C)c1O)c(C(=O)OCC)c(CSc1ccccc1)n2C. The number of aromatic hydroxyl groups is 1. The fourth-order valence-electron chi connectivity index (χ4n) is 4.13. The number of nitrogens with two attached hydrogens (primary N) is 1. The fourth-order valence-corrected chi connectivity index (χ4v) is 5.12.